The summed E-state index contributed by atoms with van der Waals surface area (Å²) in [4.78, 5) is 21.3. The molecule has 6 aromatic rings. The third kappa shape index (κ3) is 6.48. The molecule has 2 aromatic heterocycles. The third-order valence-corrected chi connectivity index (χ3v) is 8.20. The van der Waals surface area contributed by atoms with E-state index >= 15 is 0 Å². The Morgan fingerprint density at radius 3 is 2.48 bits per heavy atom. The second kappa shape index (κ2) is 13.3. The average molecular weight is 596 g/mol. The minimum absolute atomic E-state index is 0.204. The highest BCUT2D eigenvalue weighted by molar-refractivity contribution is 7.99. The number of nitrogens with zero attached hydrogens (tertiary/aromatic N) is 4. The number of thioether (sulfide) groups is 1. The third-order valence-electron chi connectivity index (χ3n) is 6.98. The molecule has 216 valence electrons. The van der Waals surface area contributed by atoms with Crippen LogP contribution in [0.25, 0.3) is 39.5 Å². The molecular formula is C36H29N5O2S. The van der Waals surface area contributed by atoms with Crippen LogP contribution in [0.3, 0.4) is 0 Å². The Morgan fingerprint density at radius 1 is 0.977 bits per heavy atom. The summed E-state index contributed by atoms with van der Waals surface area (Å²) in [5, 5.41) is 15.5. The van der Waals surface area contributed by atoms with Gasteiger partial charge in [0.1, 0.15) is 18.4 Å². The first-order valence-electron chi connectivity index (χ1n) is 14.3. The first-order chi connectivity index (χ1) is 21.6. The predicted octanol–water partition coefficient (Wildman–Crippen LogP) is 7.92. The molecule has 4 aromatic carbocycles. The summed E-state index contributed by atoms with van der Waals surface area (Å²) in [5.74, 6) is 2.06. The van der Waals surface area contributed by atoms with E-state index in [0.29, 0.717) is 28.8 Å². The molecule has 0 fully saturated rings. The fourth-order valence-electron chi connectivity index (χ4n) is 4.73. The van der Waals surface area contributed by atoms with Gasteiger partial charge < -0.3 is 9.72 Å². The van der Waals surface area contributed by atoms with E-state index in [1.54, 1.807) is 29.0 Å². The van der Waals surface area contributed by atoms with Gasteiger partial charge in [0.15, 0.2) is 5.82 Å². The number of para-hydroxylation sites is 2. The number of aromatic nitrogens is 4. The zero-order valence-electron chi connectivity index (χ0n) is 24.1. The predicted molar refractivity (Wildman–Crippen MR) is 177 cm³/mol. The summed E-state index contributed by atoms with van der Waals surface area (Å²) in [5.41, 5.74) is 4.67. The highest BCUT2D eigenvalue weighted by Gasteiger charge is 2.15. The van der Waals surface area contributed by atoms with Gasteiger partial charge in [-0.25, -0.2) is 9.67 Å². The molecule has 0 atom stereocenters. The van der Waals surface area contributed by atoms with Crippen molar-refractivity contribution < 1.29 is 4.74 Å². The van der Waals surface area contributed by atoms with Crippen LogP contribution in [0, 0.1) is 11.3 Å². The molecule has 0 bridgehead atoms. The van der Waals surface area contributed by atoms with Crippen LogP contribution in [0.1, 0.15) is 30.3 Å². The summed E-state index contributed by atoms with van der Waals surface area (Å²) >= 11 is 1.86. The number of H-pyrrole nitrogens is 1. The molecule has 7 nitrogen and oxygen atoms in total. The molecule has 0 spiro atoms. The zero-order valence-corrected chi connectivity index (χ0v) is 24.9. The summed E-state index contributed by atoms with van der Waals surface area (Å²) in [7, 11) is 0. The Labute approximate surface area is 259 Å². The van der Waals surface area contributed by atoms with Crippen molar-refractivity contribution in [2.24, 2.45) is 0 Å². The second-order valence-corrected chi connectivity index (χ2v) is 11.3. The molecule has 6 rings (SSSR count). The number of nitriles is 1. The summed E-state index contributed by atoms with van der Waals surface area (Å²) in [6, 6.07) is 35.3. The van der Waals surface area contributed by atoms with Gasteiger partial charge in [0.2, 0.25) is 0 Å². The van der Waals surface area contributed by atoms with E-state index in [-0.39, 0.29) is 17.0 Å². The van der Waals surface area contributed by atoms with Gasteiger partial charge in [-0.2, -0.15) is 10.4 Å². The molecule has 0 amide bonds. The molecule has 0 saturated carbocycles. The van der Waals surface area contributed by atoms with Crippen molar-refractivity contribution in [1.29, 1.82) is 5.26 Å². The molecule has 44 heavy (non-hydrogen) atoms. The molecule has 0 radical (unpaired) electrons. The molecule has 0 aliphatic carbocycles. The van der Waals surface area contributed by atoms with Crippen LogP contribution in [0.5, 0.6) is 5.75 Å². The van der Waals surface area contributed by atoms with E-state index in [1.807, 2.05) is 78.6 Å². The fourth-order valence-corrected chi connectivity index (χ4v) is 5.50. The second-order valence-electron chi connectivity index (χ2n) is 10.1. The molecular weight excluding hydrogens is 566 g/mol. The maximum Gasteiger partial charge on any atom is 0.259 e. The molecule has 0 aliphatic rings. The minimum Gasteiger partial charge on any atom is -0.489 e. The van der Waals surface area contributed by atoms with E-state index in [0.717, 1.165) is 34.7 Å². The average Bonchev–Trinajstić information content (AvgIpc) is 3.50. The Kier molecular flexibility index (Phi) is 8.67. The smallest absolute Gasteiger partial charge is 0.259 e. The number of allylic oxidation sites excluding steroid dienone is 1. The lowest BCUT2D eigenvalue weighted by Gasteiger charge is -2.08. The summed E-state index contributed by atoms with van der Waals surface area (Å²) < 4.78 is 7.84. The number of benzene rings is 4. The van der Waals surface area contributed by atoms with Crippen molar-refractivity contribution in [3.05, 3.63) is 137 Å². The molecule has 0 saturated heterocycles. The van der Waals surface area contributed by atoms with Crippen LogP contribution in [-0.4, -0.2) is 25.5 Å². The number of nitrogens with one attached hydrogen (secondary N) is 1. The monoisotopic (exact) mass is 595 g/mol. The van der Waals surface area contributed by atoms with E-state index in [2.05, 4.69) is 47.2 Å². The number of ether oxygens (including phenoxy) is 1. The highest BCUT2D eigenvalue weighted by Crippen LogP contribution is 2.29. The number of rotatable bonds is 10. The minimum atomic E-state index is -0.297. The van der Waals surface area contributed by atoms with Crippen LogP contribution in [0.2, 0.25) is 0 Å². The van der Waals surface area contributed by atoms with Crippen LogP contribution in [0.4, 0.5) is 0 Å². The Balaban J connectivity index is 1.30. The van der Waals surface area contributed by atoms with E-state index in [1.165, 1.54) is 4.90 Å². The molecule has 2 heterocycles. The Hall–Kier alpha value is -5.39. The van der Waals surface area contributed by atoms with Gasteiger partial charge in [-0.05, 0) is 84.5 Å². The first kappa shape index (κ1) is 28.7. The summed E-state index contributed by atoms with van der Waals surface area (Å²) in [6.07, 6.45) is 4.73. The van der Waals surface area contributed by atoms with Crippen molar-refractivity contribution in [1.82, 2.24) is 19.7 Å². The number of hydrogen-bond acceptors (Lipinski definition) is 6. The lowest BCUT2D eigenvalue weighted by atomic mass is 10.1. The van der Waals surface area contributed by atoms with Crippen molar-refractivity contribution in [2.75, 3.05) is 5.75 Å². The van der Waals surface area contributed by atoms with Gasteiger partial charge in [0, 0.05) is 22.2 Å². The van der Waals surface area contributed by atoms with Crippen molar-refractivity contribution in [3.63, 3.8) is 0 Å². The molecule has 8 heteroatoms. The number of hydrogen-bond donors (Lipinski definition) is 1. The lowest BCUT2D eigenvalue weighted by molar-refractivity contribution is 0.306. The maximum absolute atomic E-state index is 12.7. The van der Waals surface area contributed by atoms with Gasteiger partial charge >= 0.3 is 0 Å². The van der Waals surface area contributed by atoms with Gasteiger partial charge in [0.05, 0.1) is 27.9 Å². The van der Waals surface area contributed by atoms with Gasteiger partial charge in [-0.15, -0.1) is 11.8 Å². The quantitative estimate of drug-likeness (QED) is 0.128. The topological polar surface area (TPSA) is 96.6 Å². The number of fused-ring (bicyclic) bond motifs is 1. The molecule has 0 unspecified atom stereocenters. The SMILES string of the molecule is CCCSc1ccc(COc2ccc(-c3nn(-c4ccccc4)cc3C=C(C#N)c3nc4ccccc4c(=O)[nH]3)cc2)cc1. The van der Waals surface area contributed by atoms with E-state index in [9.17, 15) is 10.1 Å². The summed E-state index contributed by atoms with van der Waals surface area (Å²) in [6.45, 7) is 2.65. The Bertz CT molecular complexity index is 2020. The molecule has 0 aliphatic heterocycles. The maximum atomic E-state index is 12.7. The Morgan fingerprint density at radius 2 is 1.73 bits per heavy atom. The first-order valence-corrected chi connectivity index (χ1v) is 15.3. The van der Waals surface area contributed by atoms with Crippen LogP contribution < -0.4 is 10.3 Å². The normalized spacial score (nSPS) is 11.4. The van der Waals surface area contributed by atoms with Gasteiger partial charge in [-0.3, -0.25) is 4.79 Å². The van der Waals surface area contributed by atoms with Crippen molar-refractivity contribution >= 4 is 34.3 Å². The van der Waals surface area contributed by atoms with Crippen molar-refractivity contribution in [3.8, 4) is 28.8 Å². The van der Waals surface area contributed by atoms with Gasteiger partial charge in [-0.1, -0.05) is 49.4 Å². The van der Waals surface area contributed by atoms with Crippen LogP contribution in [0.15, 0.2) is 119 Å². The fraction of sp³-hybridized carbons (Fsp3) is 0.111. The number of aromatic amines is 1. The van der Waals surface area contributed by atoms with Crippen LogP contribution in [-0.2, 0) is 6.61 Å². The standard InChI is InChI=1S/C36H29N5O2S/c1-2-20-44-31-18-12-25(13-19-31)24-43-30-16-14-26(15-17-30)34-28(23-41(40-34)29-8-4-3-5-9-29)21-27(22-37)35-38-33-11-7-6-10-32(33)36(42)39-35/h3-19,21,23H,2,20,24H2,1H3,(H,38,39,42). The van der Waals surface area contributed by atoms with Crippen molar-refractivity contribution in [2.45, 2.75) is 24.8 Å². The molecule has 1 N–H and O–H groups in total. The van der Waals surface area contributed by atoms with Gasteiger partial charge in [0.25, 0.3) is 5.56 Å². The lowest BCUT2D eigenvalue weighted by Crippen LogP contribution is -2.11. The van der Waals surface area contributed by atoms with E-state index in [4.69, 9.17) is 9.84 Å². The highest BCUT2D eigenvalue weighted by atomic mass is 32.2. The van der Waals surface area contributed by atoms with Crippen LogP contribution >= 0.6 is 11.8 Å². The van der Waals surface area contributed by atoms with E-state index < -0.39 is 0 Å². The largest absolute Gasteiger partial charge is 0.489 e. The zero-order chi connectivity index (χ0) is 30.3.